The van der Waals surface area contributed by atoms with Crippen LogP contribution in [0.1, 0.15) is 19.0 Å². The molecule has 3 N–H and O–H groups in total. The predicted octanol–water partition coefficient (Wildman–Crippen LogP) is 2.36. The van der Waals surface area contributed by atoms with Crippen LogP contribution in [0.15, 0.2) is 38.9 Å². The van der Waals surface area contributed by atoms with E-state index in [0.717, 1.165) is 24.4 Å². The van der Waals surface area contributed by atoms with Crippen molar-refractivity contribution in [3.05, 3.63) is 61.0 Å². The maximum Gasteiger partial charge on any atom is 0.349 e. The van der Waals surface area contributed by atoms with E-state index >= 15 is 0 Å². The first kappa shape index (κ1) is 24.6. The smallest absolute Gasteiger partial charge is 0.349 e. The van der Waals surface area contributed by atoms with Crippen LogP contribution in [0.5, 0.6) is 17.4 Å². The lowest BCUT2D eigenvalue weighted by atomic mass is 10.3. The fraction of sp³-hybridized carbons (Fsp3) is 0.176. The Labute approximate surface area is 193 Å². The van der Waals surface area contributed by atoms with Crippen LogP contribution >= 0.6 is 23.2 Å². The molecule has 2 heterocycles. The van der Waals surface area contributed by atoms with E-state index in [1.807, 2.05) is 0 Å². The largest absolute Gasteiger partial charge is 0.505 e. The first-order valence-corrected chi connectivity index (χ1v) is 11.1. The van der Waals surface area contributed by atoms with E-state index in [2.05, 4.69) is 14.8 Å². The maximum atomic E-state index is 13.0. The Bertz CT molecular complexity index is 1420. The molecule has 0 amide bonds. The predicted molar refractivity (Wildman–Crippen MR) is 112 cm³/mol. The van der Waals surface area contributed by atoms with Crippen LogP contribution in [0.3, 0.4) is 0 Å². The molecule has 0 radical (unpaired) electrons. The number of sulfonamides is 1. The first-order chi connectivity index (χ1) is 15.4. The molecule has 0 bridgehead atoms. The number of halogens is 4. The van der Waals surface area contributed by atoms with E-state index in [9.17, 15) is 31.9 Å². The Morgan fingerprint density at radius 1 is 1.24 bits per heavy atom. The Balaban J connectivity index is 2.04. The second kappa shape index (κ2) is 9.43. The second-order valence-corrected chi connectivity index (χ2v) is 8.74. The van der Waals surface area contributed by atoms with E-state index in [1.54, 1.807) is 11.9 Å². The van der Waals surface area contributed by atoms with E-state index in [4.69, 9.17) is 27.9 Å². The van der Waals surface area contributed by atoms with Crippen LogP contribution in [0.4, 0.5) is 8.78 Å². The minimum Gasteiger partial charge on any atom is -0.505 e. The van der Waals surface area contributed by atoms with E-state index in [0.29, 0.717) is 4.68 Å². The third-order valence-corrected chi connectivity index (χ3v) is 6.08. The lowest BCUT2D eigenvalue weighted by Crippen LogP contribution is -2.34. The van der Waals surface area contributed by atoms with E-state index < -0.39 is 44.0 Å². The summed E-state index contributed by atoms with van der Waals surface area (Å²) in [5, 5.41) is 12.7. The number of ether oxygens (including phenoxy) is 1. The number of H-pyrrole nitrogens is 1. The lowest BCUT2D eigenvalue weighted by Gasteiger charge is -2.13. The number of pyridine rings is 1. The summed E-state index contributed by atoms with van der Waals surface area (Å²) < 4.78 is 58.5. The molecule has 1 aromatic carbocycles. The summed E-state index contributed by atoms with van der Waals surface area (Å²) in [4.78, 5) is 28.4. The molecule has 0 atom stereocenters. The average molecular weight is 524 g/mol. The summed E-state index contributed by atoms with van der Waals surface area (Å²) in [6, 6.07) is 3.10. The van der Waals surface area contributed by atoms with Crippen LogP contribution in [0, 0.1) is 0 Å². The minimum absolute atomic E-state index is 0.0604. The summed E-state index contributed by atoms with van der Waals surface area (Å²) in [6.45, 7) is 1.60. The molecule has 0 unspecified atom stereocenters. The summed E-state index contributed by atoms with van der Waals surface area (Å²) in [7, 11) is -4.06. The Morgan fingerprint density at radius 3 is 2.45 bits per heavy atom. The number of benzene rings is 1. The van der Waals surface area contributed by atoms with Gasteiger partial charge in [0.2, 0.25) is 15.9 Å². The monoisotopic (exact) mass is 523 g/mol. The molecule has 0 fully saturated rings. The van der Waals surface area contributed by atoms with Crippen LogP contribution in [0.2, 0.25) is 10.0 Å². The number of hydrogen-bond acceptors (Lipinski definition) is 8. The van der Waals surface area contributed by atoms with Gasteiger partial charge in [0.15, 0.2) is 17.2 Å². The molecule has 0 aliphatic heterocycles. The number of nitrogens with zero attached hydrogens (tertiary/aromatic N) is 3. The fourth-order valence-corrected chi connectivity index (χ4v) is 4.22. The van der Waals surface area contributed by atoms with Gasteiger partial charge >= 0.3 is 5.69 Å². The molecule has 0 aliphatic carbocycles. The molecule has 0 aliphatic rings. The van der Waals surface area contributed by atoms with Gasteiger partial charge in [0.25, 0.3) is 12.0 Å². The molecule has 3 rings (SSSR count). The Morgan fingerprint density at radius 2 is 1.88 bits per heavy atom. The number of aromatic hydroxyl groups is 1. The zero-order valence-electron chi connectivity index (χ0n) is 16.3. The molecule has 0 saturated heterocycles. The van der Waals surface area contributed by atoms with Crippen LogP contribution in [0.25, 0.3) is 5.69 Å². The van der Waals surface area contributed by atoms with Crippen molar-refractivity contribution in [1.82, 2.24) is 24.5 Å². The molecular formula is C17H13Cl2F2N5O6S. The van der Waals surface area contributed by atoms with E-state index in [1.165, 1.54) is 0 Å². The van der Waals surface area contributed by atoms with Crippen molar-refractivity contribution < 1.29 is 27.0 Å². The van der Waals surface area contributed by atoms with Crippen molar-refractivity contribution in [3.63, 3.8) is 0 Å². The van der Waals surface area contributed by atoms with Crippen molar-refractivity contribution >= 4 is 33.2 Å². The fourth-order valence-electron chi connectivity index (χ4n) is 2.55. The highest BCUT2D eigenvalue weighted by atomic mass is 35.5. The number of rotatable bonds is 7. The molecule has 33 heavy (non-hydrogen) atoms. The van der Waals surface area contributed by atoms with Gasteiger partial charge in [-0.1, -0.05) is 30.1 Å². The topological polar surface area (TPSA) is 156 Å². The quantitative estimate of drug-likeness (QED) is 0.425. The van der Waals surface area contributed by atoms with Gasteiger partial charge in [-0.25, -0.2) is 31.7 Å². The molecular weight excluding hydrogens is 511 g/mol. The Kier molecular flexibility index (Phi) is 7.02. The summed E-state index contributed by atoms with van der Waals surface area (Å²) in [5.74, 6) is -1.16. The lowest BCUT2D eigenvalue weighted by molar-refractivity contribution is 0.141. The number of aromatic nitrogens is 4. The van der Waals surface area contributed by atoms with Gasteiger partial charge in [0.05, 0.1) is 21.9 Å². The van der Waals surface area contributed by atoms with Gasteiger partial charge in [-0.3, -0.25) is 9.78 Å². The molecule has 11 nitrogen and oxygen atoms in total. The first-order valence-electron chi connectivity index (χ1n) is 8.82. The standard InChI is InChI=1S/C17H13Cl2F2N5O6S/c1-2-23-33(30,31)11-5-12(22-6-10(11)27)32-14-8(18)3-7(4-9(14)19)26-17(29)24-16(28)13(25-26)15(20)21/h3-6,15,23,27H,2H2,1H3,(H,24,28,29). The highest BCUT2D eigenvalue weighted by Gasteiger charge is 2.22. The Hall–Kier alpha value is -3.07. The number of hydrogen-bond donors (Lipinski definition) is 3. The summed E-state index contributed by atoms with van der Waals surface area (Å²) in [5.41, 5.74) is -3.83. The van der Waals surface area contributed by atoms with Gasteiger partial charge in [0.1, 0.15) is 4.90 Å². The summed E-state index contributed by atoms with van der Waals surface area (Å²) >= 11 is 12.3. The van der Waals surface area contributed by atoms with Crippen LogP contribution < -0.4 is 20.7 Å². The average Bonchev–Trinajstić information content (AvgIpc) is 2.71. The maximum absolute atomic E-state index is 13.0. The third kappa shape index (κ3) is 5.13. The molecule has 2 aromatic heterocycles. The van der Waals surface area contributed by atoms with Crippen molar-refractivity contribution in [2.75, 3.05) is 6.54 Å². The van der Waals surface area contributed by atoms with Gasteiger partial charge in [-0.2, -0.15) is 9.78 Å². The second-order valence-electron chi connectivity index (χ2n) is 6.19. The SMILES string of the molecule is CCNS(=O)(=O)c1cc(Oc2c(Cl)cc(-n3nc(C(F)F)c(=O)[nH]c3=O)cc2Cl)ncc1O. The van der Waals surface area contributed by atoms with E-state index in [-0.39, 0.29) is 33.9 Å². The number of aromatic amines is 1. The number of nitrogens with one attached hydrogen (secondary N) is 2. The van der Waals surface area contributed by atoms with Crippen LogP contribution in [-0.4, -0.2) is 39.8 Å². The molecule has 0 saturated carbocycles. The highest BCUT2D eigenvalue weighted by molar-refractivity contribution is 7.89. The highest BCUT2D eigenvalue weighted by Crippen LogP contribution is 2.38. The normalized spacial score (nSPS) is 11.7. The van der Waals surface area contributed by atoms with Gasteiger partial charge in [-0.05, 0) is 12.1 Å². The zero-order chi connectivity index (χ0) is 24.5. The third-order valence-electron chi connectivity index (χ3n) is 3.94. The molecule has 16 heteroatoms. The van der Waals surface area contributed by atoms with Gasteiger partial charge in [-0.15, -0.1) is 0 Å². The molecule has 3 aromatic rings. The molecule has 176 valence electrons. The van der Waals surface area contributed by atoms with Crippen molar-refractivity contribution in [2.24, 2.45) is 0 Å². The van der Waals surface area contributed by atoms with Crippen molar-refractivity contribution in [3.8, 4) is 23.1 Å². The van der Waals surface area contributed by atoms with Crippen molar-refractivity contribution in [1.29, 1.82) is 0 Å². The number of alkyl halides is 2. The zero-order valence-corrected chi connectivity index (χ0v) is 18.7. The summed E-state index contributed by atoms with van der Waals surface area (Å²) in [6.07, 6.45) is -2.41. The van der Waals surface area contributed by atoms with Gasteiger partial charge < -0.3 is 9.84 Å². The minimum atomic E-state index is -4.06. The molecule has 0 spiro atoms. The van der Waals surface area contributed by atoms with Gasteiger partial charge in [0, 0.05) is 12.6 Å². The van der Waals surface area contributed by atoms with Crippen molar-refractivity contribution in [2.45, 2.75) is 18.2 Å². The van der Waals surface area contributed by atoms with Crippen LogP contribution in [-0.2, 0) is 10.0 Å².